The molecule has 0 saturated carbocycles. The molecule has 1 aliphatic heterocycles. The van der Waals surface area contributed by atoms with E-state index >= 15 is 0 Å². The minimum Gasteiger partial charge on any atom is -0.366 e. The summed E-state index contributed by atoms with van der Waals surface area (Å²) in [7, 11) is 0. The number of likely N-dealkylation sites (tertiary alicyclic amines) is 1. The van der Waals surface area contributed by atoms with E-state index in [2.05, 4.69) is 15.9 Å². The van der Waals surface area contributed by atoms with Gasteiger partial charge >= 0.3 is 0 Å². The van der Waals surface area contributed by atoms with E-state index in [-0.39, 0.29) is 18.1 Å². The Morgan fingerprint density at radius 3 is 2.73 bits per heavy atom. The normalized spacial score (nSPS) is 22.9. The van der Waals surface area contributed by atoms with Gasteiger partial charge in [0, 0.05) is 17.9 Å². The van der Waals surface area contributed by atoms with Crippen molar-refractivity contribution in [2.75, 3.05) is 19.7 Å². The molecule has 1 saturated heterocycles. The largest absolute Gasteiger partial charge is 0.366 e. The van der Waals surface area contributed by atoms with E-state index in [4.69, 9.17) is 4.74 Å². The van der Waals surface area contributed by atoms with Crippen LogP contribution in [-0.2, 0) is 9.53 Å². The molecule has 0 aromatic heterocycles. The molecule has 4 heteroatoms. The summed E-state index contributed by atoms with van der Waals surface area (Å²) >= 11 is 3.55. The molecule has 3 nitrogen and oxygen atoms in total. The first-order chi connectivity index (χ1) is 6.88. The zero-order valence-electron chi connectivity index (χ0n) is 9.75. The third-order valence-electron chi connectivity index (χ3n) is 2.35. The van der Waals surface area contributed by atoms with Gasteiger partial charge in [0.1, 0.15) is 6.61 Å². The second-order valence-electron chi connectivity index (χ2n) is 4.98. The maximum Gasteiger partial charge on any atom is 0.248 e. The average molecular weight is 278 g/mol. The van der Waals surface area contributed by atoms with Crippen molar-refractivity contribution >= 4 is 21.8 Å². The van der Waals surface area contributed by atoms with E-state index in [0.717, 1.165) is 25.9 Å². The van der Waals surface area contributed by atoms with Crippen LogP contribution in [0.5, 0.6) is 0 Å². The summed E-state index contributed by atoms with van der Waals surface area (Å²) in [6, 6.07) is 0. The number of halogens is 1. The summed E-state index contributed by atoms with van der Waals surface area (Å²) in [5.74, 6) is 0.106. The Bertz CT molecular complexity index is 225. The minimum atomic E-state index is -0.237. The number of alkyl halides is 1. The fourth-order valence-electron chi connectivity index (χ4n) is 1.52. The Balaban J connectivity index is 2.33. The van der Waals surface area contributed by atoms with Crippen molar-refractivity contribution in [3.63, 3.8) is 0 Å². The Morgan fingerprint density at radius 1 is 1.53 bits per heavy atom. The van der Waals surface area contributed by atoms with E-state index in [1.165, 1.54) is 0 Å². The van der Waals surface area contributed by atoms with Crippen LogP contribution in [0, 0.1) is 0 Å². The summed E-state index contributed by atoms with van der Waals surface area (Å²) in [6.45, 7) is 7.77. The highest BCUT2D eigenvalue weighted by atomic mass is 79.9. The van der Waals surface area contributed by atoms with Gasteiger partial charge in [-0.25, -0.2) is 0 Å². The van der Waals surface area contributed by atoms with Crippen molar-refractivity contribution in [2.45, 2.75) is 44.0 Å². The summed E-state index contributed by atoms with van der Waals surface area (Å²) in [5.41, 5.74) is -0.237. The summed E-state index contributed by atoms with van der Waals surface area (Å²) in [6.07, 6.45) is 2.24. The van der Waals surface area contributed by atoms with Crippen LogP contribution in [0.1, 0.15) is 33.6 Å². The van der Waals surface area contributed by atoms with Crippen LogP contribution < -0.4 is 0 Å². The molecule has 1 atom stereocenters. The highest BCUT2D eigenvalue weighted by Gasteiger charge is 2.23. The van der Waals surface area contributed by atoms with Crippen LogP contribution in [-0.4, -0.2) is 40.9 Å². The van der Waals surface area contributed by atoms with E-state index in [1.807, 2.05) is 25.7 Å². The van der Waals surface area contributed by atoms with Gasteiger partial charge in [0.2, 0.25) is 5.91 Å². The number of amides is 1. The summed E-state index contributed by atoms with van der Waals surface area (Å²) in [4.78, 5) is 14.1. The van der Waals surface area contributed by atoms with Gasteiger partial charge < -0.3 is 9.64 Å². The second-order valence-corrected chi connectivity index (χ2v) is 6.28. The number of rotatable bonds is 2. The first-order valence-electron chi connectivity index (χ1n) is 5.44. The van der Waals surface area contributed by atoms with Gasteiger partial charge in [-0.05, 0) is 33.6 Å². The molecule has 1 fully saturated rings. The maximum absolute atomic E-state index is 11.8. The fraction of sp³-hybridized carbons (Fsp3) is 0.909. The lowest BCUT2D eigenvalue weighted by molar-refractivity contribution is -0.141. The lowest BCUT2D eigenvalue weighted by Gasteiger charge is -2.31. The quantitative estimate of drug-likeness (QED) is 0.725. The summed E-state index contributed by atoms with van der Waals surface area (Å²) < 4.78 is 5.47. The Morgan fingerprint density at radius 2 is 2.20 bits per heavy atom. The van der Waals surface area contributed by atoms with Crippen molar-refractivity contribution in [3.8, 4) is 0 Å². The summed E-state index contributed by atoms with van der Waals surface area (Å²) in [5, 5.41) is 0. The van der Waals surface area contributed by atoms with Crippen molar-refractivity contribution in [1.82, 2.24) is 4.90 Å². The third-order valence-corrected chi connectivity index (χ3v) is 3.09. The molecule has 1 unspecified atom stereocenters. The van der Waals surface area contributed by atoms with Crippen molar-refractivity contribution in [2.24, 2.45) is 0 Å². The van der Waals surface area contributed by atoms with Crippen LogP contribution in [0.25, 0.3) is 0 Å². The van der Waals surface area contributed by atoms with Gasteiger partial charge in [0.05, 0.1) is 5.60 Å². The molecular formula is C11H20BrNO2. The van der Waals surface area contributed by atoms with Gasteiger partial charge in [0.25, 0.3) is 0 Å². The molecule has 1 aliphatic rings. The highest BCUT2D eigenvalue weighted by Crippen LogP contribution is 2.17. The van der Waals surface area contributed by atoms with E-state index in [1.54, 1.807) is 0 Å². The zero-order chi connectivity index (χ0) is 11.5. The maximum atomic E-state index is 11.8. The van der Waals surface area contributed by atoms with Crippen LogP contribution in [0.15, 0.2) is 0 Å². The first-order valence-corrected chi connectivity index (χ1v) is 6.36. The van der Waals surface area contributed by atoms with Crippen LogP contribution in [0.4, 0.5) is 0 Å². The molecule has 0 radical (unpaired) electrons. The van der Waals surface area contributed by atoms with Crippen LogP contribution >= 0.6 is 15.9 Å². The van der Waals surface area contributed by atoms with Gasteiger partial charge in [-0.3, -0.25) is 4.79 Å². The van der Waals surface area contributed by atoms with Gasteiger partial charge in [-0.1, -0.05) is 15.9 Å². The average Bonchev–Trinajstić information content (AvgIpc) is 2.13. The van der Waals surface area contributed by atoms with Gasteiger partial charge in [-0.2, -0.15) is 0 Å². The number of hydrogen-bond acceptors (Lipinski definition) is 2. The van der Waals surface area contributed by atoms with Crippen molar-refractivity contribution < 1.29 is 9.53 Å². The molecule has 1 rings (SSSR count). The molecule has 0 bridgehead atoms. The zero-order valence-corrected chi connectivity index (χ0v) is 11.3. The fourth-order valence-corrected chi connectivity index (χ4v) is 2.19. The smallest absolute Gasteiger partial charge is 0.248 e. The topological polar surface area (TPSA) is 29.5 Å². The Hall–Kier alpha value is -0.0900. The first kappa shape index (κ1) is 13.0. The predicted octanol–water partition coefficient (Wildman–Crippen LogP) is 2.19. The number of carbonyl (C=O) groups is 1. The van der Waals surface area contributed by atoms with Gasteiger partial charge in [0.15, 0.2) is 0 Å². The van der Waals surface area contributed by atoms with Crippen LogP contribution in [0.3, 0.4) is 0 Å². The highest BCUT2D eigenvalue weighted by molar-refractivity contribution is 9.09. The monoisotopic (exact) mass is 277 g/mol. The molecule has 88 valence electrons. The Kier molecular flexibility index (Phi) is 4.59. The van der Waals surface area contributed by atoms with Crippen molar-refractivity contribution in [1.29, 1.82) is 0 Å². The number of piperidine rings is 1. The lowest BCUT2D eigenvalue weighted by Crippen LogP contribution is -2.43. The molecule has 0 aromatic rings. The van der Waals surface area contributed by atoms with Gasteiger partial charge in [-0.15, -0.1) is 0 Å². The van der Waals surface area contributed by atoms with Crippen LogP contribution in [0.2, 0.25) is 0 Å². The molecule has 1 amide bonds. The molecule has 1 heterocycles. The van der Waals surface area contributed by atoms with Crippen molar-refractivity contribution in [3.05, 3.63) is 0 Å². The number of carbonyl (C=O) groups excluding carboxylic acids is 1. The molecule has 0 aliphatic carbocycles. The molecule has 0 aromatic carbocycles. The molecule has 15 heavy (non-hydrogen) atoms. The SMILES string of the molecule is CC(C)(C)OCC(=O)N1CCCC(Br)C1. The van der Waals surface area contributed by atoms with E-state index in [9.17, 15) is 4.79 Å². The minimum absolute atomic E-state index is 0.106. The third kappa shape index (κ3) is 4.98. The number of nitrogens with zero attached hydrogens (tertiary/aromatic N) is 1. The molecular weight excluding hydrogens is 258 g/mol. The standard InChI is InChI=1S/C11H20BrNO2/c1-11(2,3)15-8-10(14)13-6-4-5-9(12)7-13/h9H,4-8H2,1-3H3. The lowest BCUT2D eigenvalue weighted by atomic mass is 10.1. The molecule has 0 spiro atoms. The van der Waals surface area contributed by atoms with E-state index < -0.39 is 0 Å². The predicted molar refractivity (Wildman–Crippen MR) is 64.2 cm³/mol. The number of hydrogen-bond donors (Lipinski definition) is 0. The Labute approximate surface area is 100 Å². The van der Waals surface area contributed by atoms with E-state index in [0.29, 0.717) is 4.83 Å². The second kappa shape index (κ2) is 5.30. The molecule has 0 N–H and O–H groups in total. The number of ether oxygens (including phenoxy) is 1.